The van der Waals surface area contributed by atoms with Crippen molar-refractivity contribution in [3.05, 3.63) is 35.0 Å². The van der Waals surface area contributed by atoms with Crippen molar-refractivity contribution in [2.75, 3.05) is 5.32 Å². The zero-order valence-corrected chi connectivity index (χ0v) is 9.43. The SMILES string of the molecule is Cc1cc(NC=C(C#N)C#N)c(C(=O)O)cc1O. The molecule has 0 unspecified atom stereocenters. The topological polar surface area (TPSA) is 117 Å². The smallest absolute Gasteiger partial charge is 0.337 e. The number of carbonyl (C=O) groups is 1. The van der Waals surface area contributed by atoms with Gasteiger partial charge in [0.1, 0.15) is 23.5 Å². The van der Waals surface area contributed by atoms with E-state index in [0.29, 0.717) is 5.56 Å². The molecule has 6 nitrogen and oxygen atoms in total. The lowest BCUT2D eigenvalue weighted by Crippen LogP contribution is -2.03. The molecule has 0 bridgehead atoms. The number of aryl methyl sites for hydroxylation is 1. The average Bonchev–Trinajstić information content (AvgIpc) is 2.34. The van der Waals surface area contributed by atoms with Gasteiger partial charge in [-0.1, -0.05) is 0 Å². The Morgan fingerprint density at radius 3 is 2.50 bits per heavy atom. The molecule has 0 amide bonds. The second-order valence-corrected chi connectivity index (χ2v) is 3.42. The van der Waals surface area contributed by atoms with Gasteiger partial charge in [-0.25, -0.2) is 4.79 Å². The van der Waals surface area contributed by atoms with Crippen molar-refractivity contribution in [3.63, 3.8) is 0 Å². The fourth-order valence-corrected chi connectivity index (χ4v) is 1.23. The maximum Gasteiger partial charge on any atom is 0.337 e. The number of nitriles is 2. The Labute approximate surface area is 103 Å². The Morgan fingerprint density at radius 1 is 1.39 bits per heavy atom. The van der Waals surface area contributed by atoms with Gasteiger partial charge < -0.3 is 15.5 Å². The number of phenolic OH excluding ortho intramolecular Hbond substituents is 1. The van der Waals surface area contributed by atoms with E-state index in [1.807, 2.05) is 0 Å². The van der Waals surface area contributed by atoms with Crippen LogP contribution in [0.1, 0.15) is 15.9 Å². The van der Waals surface area contributed by atoms with Crippen LogP contribution in [-0.4, -0.2) is 16.2 Å². The number of carboxylic acid groups (broad SMARTS) is 1. The summed E-state index contributed by atoms with van der Waals surface area (Å²) < 4.78 is 0. The predicted octanol–water partition coefficient (Wildman–Crippen LogP) is 1.74. The Morgan fingerprint density at radius 2 is 2.00 bits per heavy atom. The molecule has 0 radical (unpaired) electrons. The number of rotatable bonds is 3. The van der Waals surface area contributed by atoms with Crippen LogP contribution in [0.3, 0.4) is 0 Å². The number of aromatic hydroxyl groups is 1. The third kappa shape index (κ3) is 2.77. The molecule has 6 heteroatoms. The molecule has 0 atom stereocenters. The lowest BCUT2D eigenvalue weighted by Gasteiger charge is -2.08. The summed E-state index contributed by atoms with van der Waals surface area (Å²) in [6.45, 7) is 1.60. The van der Waals surface area contributed by atoms with E-state index in [9.17, 15) is 9.90 Å². The van der Waals surface area contributed by atoms with Crippen LogP contribution in [0, 0.1) is 29.6 Å². The van der Waals surface area contributed by atoms with Gasteiger partial charge in [-0.3, -0.25) is 0 Å². The molecule has 0 heterocycles. The van der Waals surface area contributed by atoms with E-state index < -0.39 is 5.97 Å². The molecule has 1 aromatic carbocycles. The van der Waals surface area contributed by atoms with E-state index in [4.69, 9.17) is 15.6 Å². The van der Waals surface area contributed by atoms with Gasteiger partial charge in [0.15, 0.2) is 0 Å². The summed E-state index contributed by atoms with van der Waals surface area (Å²) in [6, 6.07) is 5.80. The molecule has 0 aliphatic carbocycles. The van der Waals surface area contributed by atoms with E-state index in [2.05, 4.69) is 5.32 Å². The lowest BCUT2D eigenvalue weighted by atomic mass is 10.1. The van der Waals surface area contributed by atoms with Crippen LogP contribution in [0.5, 0.6) is 5.75 Å². The van der Waals surface area contributed by atoms with E-state index in [-0.39, 0.29) is 22.6 Å². The number of nitrogens with zero attached hydrogens (tertiary/aromatic N) is 2. The first-order valence-corrected chi connectivity index (χ1v) is 4.83. The third-order valence-electron chi connectivity index (χ3n) is 2.18. The van der Waals surface area contributed by atoms with Crippen LogP contribution >= 0.6 is 0 Å². The maximum absolute atomic E-state index is 11.0. The molecule has 1 aromatic rings. The number of aromatic carboxylic acids is 1. The Hall–Kier alpha value is -2.99. The highest BCUT2D eigenvalue weighted by Gasteiger charge is 2.12. The number of benzene rings is 1. The molecule has 0 aliphatic rings. The molecule has 90 valence electrons. The Kier molecular flexibility index (Phi) is 3.90. The van der Waals surface area contributed by atoms with Crippen LogP contribution in [0.4, 0.5) is 5.69 Å². The van der Waals surface area contributed by atoms with E-state index in [0.717, 1.165) is 12.3 Å². The summed E-state index contributed by atoms with van der Waals surface area (Å²) in [4.78, 5) is 11.0. The van der Waals surface area contributed by atoms with Gasteiger partial charge >= 0.3 is 5.97 Å². The van der Waals surface area contributed by atoms with Gasteiger partial charge in [0.2, 0.25) is 0 Å². The number of allylic oxidation sites excluding steroid dienone is 1. The number of carboxylic acids is 1. The van der Waals surface area contributed by atoms with Crippen LogP contribution < -0.4 is 5.32 Å². The number of anilines is 1. The van der Waals surface area contributed by atoms with Gasteiger partial charge in [0.25, 0.3) is 0 Å². The molecule has 0 aliphatic heterocycles. The van der Waals surface area contributed by atoms with Gasteiger partial charge in [-0.15, -0.1) is 0 Å². The summed E-state index contributed by atoms with van der Waals surface area (Å²) in [6.07, 6.45) is 1.11. The van der Waals surface area contributed by atoms with Crippen molar-refractivity contribution < 1.29 is 15.0 Å². The summed E-state index contributed by atoms with van der Waals surface area (Å²) in [5.41, 5.74) is 0.341. The number of phenols is 1. The van der Waals surface area contributed by atoms with Crippen molar-refractivity contribution in [2.45, 2.75) is 6.92 Å². The van der Waals surface area contributed by atoms with Crippen molar-refractivity contribution >= 4 is 11.7 Å². The fourth-order valence-electron chi connectivity index (χ4n) is 1.23. The predicted molar refractivity (Wildman–Crippen MR) is 62.7 cm³/mol. The molecule has 0 aromatic heterocycles. The lowest BCUT2D eigenvalue weighted by molar-refractivity contribution is 0.0697. The molecule has 1 rings (SSSR count). The van der Waals surface area contributed by atoms with E-state index >= 15 is 0 Å². The van der Waals surface area contributed by atoms with Gasteiger partial charge in [-0.05, 0) is 24.6 Å². The van der Waals surface area contributed by atoms with Crippen LogP contribution in [-0.2, 0) is 0 Å². The maximum atomic E-state index is 11.0. The molecule has 0 fully saturated rings. The van der Waals surface area contributed by atoms with E-state index in [1.165, 1.54) is 6.07 Å². The van der Waals surface area contributed by atoms with Crippen molar-refractivity contribution in [1.82, 2.24) is 0 Å². The van der Waals surface area contributed by atoms with Crippen molar-refractivity contribution in [2.24, 2.45) is 0 Å². The molecule has 0 saturated carbocycles. The molecular formula is C12H9N3O3. The number of nitrogens with one attached hydrogen (secondary N) is 1. The highest BCUT2D eigenvalue weighted by Crippen LogP contribution is 2.25. The second-order valence-electron chi connectivity index (χ2n) is 3.42. The minimum Gasteiger partial charge on any atom is -0.508 e. The Bertz CT molecular complexity index is 590. The monoisotopic (exact) mass is 243 g/mol. The van der Waals surface area contributed by atoms with E-state index in [1.54, 1.807) is 19.1 Å². The zero-order valence-electron chi connectivity index (χ0n) is 9.43. The van der Waals surface area contributed by atoms with Crippen LogP contribution in [0.2, 0.25) is 0 Å². The summed E-state index contributed by atoms with van der Waals surface area (Å²) >= 11 is 0. The zero-order chi connectivity index (χ0) is 13.7. The quantitative estimate of drug-likeness (QED) is 0.549. The van der Waals surface area contributed by atoms with Crippen LogP contribution in [0.15, 0.2) is 23.9 Å². The summed E-state index contributed by atoms with van der Waals surface area (Å²) in [7, 11) is 0. The standard InChI is InChI=1S/C12H9N3O3/c1-7-2-10(15-6-8(4-13)5-14)9(12(17)18)3-11(7)16/h2-3,6,15-16H,1H3,(H,17,18). The molecule has 3 N–H and O–H groups in total. The molecule has 0 saturated heterocycles. The first-order chi connectivity index (χ1) is 8.49. The van der Waals surface area contributed by atoms with Gasteiger partial charge in [0.05, 0.1) is 11.3 Å². The molecular weight excluding hydrogens is 234 g/mol. The van der Waals surface area contributed by atoms with Crippen LogP contribution in [0.25, 0.3) is 0 Å². The second kappa shape index (κ2) is 5.37. The highest BCUT2D eigenvalue weighted by molar-refractivity contribution is 5.95. The fraction of sp³-hybridized carbons (Fsp3) is 0.0833. The number of hydrogen-bond donors (Lipinski definition) is 3. The number of hydrogen-bond acceptors (Lipinski definition) is 5. The minimum atomic E-state index is -1.23. The van der Waals surface area contributed by atoms with Crippen molar-refractivity contribution in [1.29, 1.82) is 10.5 Å². The van der Waals surface area contributed by atoms with Gasteiger partial charge in [0, 0.05) is 6.20 Å². The highest BCUT2D eigenvalue weighted by atomic mass is 16.4. The summed E-state index contributed by atoms with van der Waals surface area (Å²) in [5.74, 6) is -1.36. The first kappa shape index (κ1) is 13.1. The third-order valence-corrected chi connectivity index (χ3v) is 2.18. The molecule has 18 heavy (non-hydrogen) atoms. The normalized spacial score (nSPS) is 8.83. The first-order valence-electron chi connectivity index (χ1n) is 4.83. The summed E-state index contributed by atoms with van der Waals surface area (Å²) in [5, 5.41) is 38.0. The average molecular weight is 243 g/mol. The minimum absolute atomic E-state index is 0.136. The van der Waals surface area contributed by atoms with Crippen molar-refractivity contribution in [3.8, 4) is 17.9 Å². The molecule has 0 spiro atoms. The van der Waals surface area contributed by atoms with Gasteiger partial charge in [-0.2, -0.15) is 10.5 Å². The Balaban J connectivity index is 3.21. The largest absolute Gasteiger partial charge is 0.508 e.